The van der Waals surface area contributed by atoms with Crippen molar-refractivity contribution in [2.75, 3.05) is 6.54 Å². The molecule has 8 heteroatoms. The number of benzene rings is 1. The normalized spacial score (nSPS) is 14.6. The van der Waals surface area contributed by atoms with Crippen LogP contribution < -0.4 is 4.72 Å². The molecule has 0 unspecified atom stereocenters. The number of hydrogen-bond donors (Lipinski definition) is 1. The van der Waals surface area contributed by atoms with Gasteiger partial charge in [0, 0.05) is 17.3 Å². The molecule has 1 heterocycles. The van der Waals surface area contributed by atoms with Crippen LogP contribution in [0.2, 0.25) is 10.0 Å². The van der Waals surface area contributed by atoms with Crippen molar-refractivity contribution in [2.24, 2.45) is 0 Å². The number of aryl methyl sites for hydroxylation is 2. The smallest absolute Gasteiger partial charge is 0.242 e. The highest BCUT2D eigenvalue weighted by Crippen LogP contribution is 2.28. The molecule has 0 saturated carbocycles. The average molecular weight is 388 g/mol. The van der Waals surface area contributed by atoms with Gasteiger partial charge in [-0.05, 0) is 55.9 Å². The highest BCUT2D eigenvalue weighted by atomic mass is 35.5. The lowest BCUT2D eigenvalue weighted by atomic mass is 9.98. The van der Waals surface area contributed by atoms with Gasteiger partial charge < -0.3 is 0 Å². The minimum atomic E-state index is -3.69. The molecule has 0 radical (unpaired) electrons. The number of sulfonamides is 1. The fraction of sp³-hybridized carbons (Fsp3) is 0.438. The fourth-order valence-corrected chi connectivity index (χ4v) is 4.80. The first kappa shape index (κ1) is 17.7. The summed E-state index contributed by atoms with van der Waals surface area (Å²) in [4.78, 5) is 0.0496. The van der Waals surface area contributed by atoms with E-state index >= 15 is 0 Å². The number of rotatable bonds is 5. The zero-order valence-corrected chi connectivity index (χ0v) is 15.7. The van der Waals surface area contributed by atoms with Crippen LogP contribution in [0.1, 0.15) is 29.7 Å². The molecule has 0 aliphatic heterocycles. The summed E-state index contributed by atoms with van der Waals surface area (Å²) in [5.41, 5.74) is 3.17. The Kier molecular flexibility index (Phi) is 5.20. The van der Waals surface area contributed by atoms with E-state index in [1.54, 1.807) is 6.92 Å². The second-order valence-corrected chi connectivity index (χ2v) is 8.53. The molecule has 0 atom stereocenters. The van der Waals surface area contributed by atoms with Crippen LogP contribution in [0.3, 0.4) is 0 Å². The number of nitrogens with one attached hydrogen (secondary N) is 1. The topological polar surface area (TPSA) is 64.0 Å². The molecule has 0 saturated heterocycles. The summed E-state index contributed by atoms with van der Waals surface area (Å²) in [6, 6.07) is 2.94. The number of fused-ring (bicyclic) bond motifs is 1. The summed E-state index contributed by atoms with van der Waals surface area (Å²) >= 11 is 12.0. The molecular weight excluding hydrogens is 369 g/mol. The van der Waals surface area contributed by atoms with Crippen LogP contribution in [0.25, 0.3) is 0 Å². The maximum atomic E-state index is 12.5. The molecule has 1 N–H and O–H groups in total. The Labute approximate surface area is 152 Å². The Morgan fingerprint density at radius 3 is 2.75 bits per heavy atom. The quantitative estimate of drug-likeness (QED) is 0.855. The van der Waals surface area contributed by atoms with Crippen molar-refractivity contribution < 1.29 is 8.42 Å². The van der Waals surface area contributed by atoms with Crippen LogP contribution in [0, 0.1) is 6.92 Å². The van der Waals surface area contributed by atoms with Gasteiger partial charge in [0.2, 0.25) is 10.0 Å². The first-order valence-electron chi connectivity index (χ1n) is 7.87. The summed E-state index contributed by atoms with van der Waals surface area (Å²) in [5, 5.41) is 4.94. The van der Waals surface area contributed by atoms with Crippen molar-refractivity contribution in [1.29, 1.82) is 0 Å². The van der Waals surface area contributed by atoms with E-state index in [4.69, 9.17) is 23.2 Å². The fourth-order valence-electron chi connectivity index (χ4n) is 2.95. The monoisotopic (exact) mass is 387 g/mol. The van der Waals surface area contributed by atoms with Crippen molar-refractivity contribution in [3.63, 3.8) is 0 Å². The molecule has 5 nitrogen and oxygen atoms in total. The Hall–Kier alpha value is -1.08. The van der Waals surface area contributed by atoms with E-state index in [1.165, 1.54) is 29.8 Å². The Bertz CT molecular complexity index is 862. The van der Waals surface area contributed by atoms with E-state index in [1.807, 2.05) is 10.9 Å². The molecule has 2 aromatic rings. The largest absolute Gasteiger partial charge is 0.268 e. The maximum absolute atomic E-state index is 12.5. The van der Waals surface area contributed by atoms with E-state index in [2.05, 4.69) is 9.82 Å². The lowest BCUT2D eigenvalue weighted by Crippen LogP contribution is -2.28. The molecule has 1 aliphatic carbocycles. The minimum absolute atomic E-state index is 0.0496. The van der Waals surface area contributed by atoms with Gasteiger partial charge in [-0.3, -0.25) is 4.68 Å². The van der Waals surface area contributed by atoms with Gasteiger partial charge in [0.25, 0.3) is 0 Å². The second kappa shape index (κ2) is 7.04. The lowest BCUT2D eigenvalue weighted by molar-refractivity contribution is 0.538. The van der Waals surface area contributed by atoms with E-state index < -0.39 is 10.0 Å². The van der Waals surface area contributed by atoms with E-state index in [9.17, 15) is 8.42 Å². The number of halogens is 2. The van der Waals surface area contributed by atoms with Gasteiger partial charge in [0.05, 0.1) is 17.8 Å². The molecule has 0 bridgehead atoms. The van der Waals surface area contributed by atoms with Gasteiger partial charge in [-0.25, -0.2) is 13.1 Å². The SMILES string of the molecule is Cc1cc(S(=O)(=O)NCCn2ncc3c2CCCC3)c(Cl)cc1Cl. The van der Waals surface area contributed by atoms with Crippen molar-refractivity contribution in [1.82, 2.24) is 14.5 Å². The van der Waals surface area contributed by atoms with E-state index in [0.29, 0.717) is 17.1 Å². The molecule has 1 aromatic heterocycles. The van der Waals surface area contributed by atoms with Gasteiger partial charge in [0.15, 0.2) is 0 Å². The minimum Gasteiger partial charge on any atom is -0.268 e. The van der Waals surface area contributed by atoms with Crippen LogP contribution in [-0.4, -0.2) is 24.7 Å². The van der Waals surface area contributed by atoms with E-state index in [-0.39, 0.29) is 16.5 Å². The third-order valence-corrected chi connectivity index (χ3v) is 6.60. The van der Waals surface area contributed by atoms with Crippen molar-refractivity contribution in [3.8, 4) is 0 Å². The van der Waals surface area contributed by atoms with Crippen molar-refractivity contribution >= 4 is 33.2 Å². The standard InChI is InChI=1S/C16H19Cl2N3O2S/c1-11-8-16(14(18)9-13(11)17)24(22,23)20-6-7-21-15-5-3-2-4-12(15)10-19-21/h8-10,20H,2-7H2,1H3. The van der Waals surface area contributed by atoms with E-state index in [0.717, 1.165) is 19.3 Å². The molecular formula is C16H19Cl2N3O2S. The Balaban J connectivity index is 1.70. The third-order valence-electron chi connectivity index (χ3n) is 4.26. The summed E-state index contributed by atoms with van der Waals surface area (Å²) in [7, 11) is -3.69. The van der Waals surface area contributed by atoms with Crippen LogP contribution in [-0.2, 0) is 29.4 Å². The lowest BCUT2D eigenvalue weighted by Gasteiger charge is -2.14. The highest BCUT2D eigenvalue weighted by molar-refractivity contribution is 7.89. The molecule has 0 fully saturated rings. The summed E-state index contributed by atoms with van der Waals surface area (Å²) in [5.74, 6) is 0. The van der Waals surface area contributed by atoms with Crippen molar-refractivity contribution in [2.45, 2.75) is 44.0 Å². The van der Waals surface area contributed by atoms with Crippen LogP contribution in [0.5, 0.6) is 0 Å². The third kappa shape index (κ3) is 3.61. The molecule has 24 heavy (non-hydrogen) atoms. The number of hydrogen-bond acceptors (Lipinski definition) is 3. The Morgan fingerprint density at radius 1 is 1.21 bits per heavy atom. The average Bonchev–Trinajstić information content (AvgIpc) is 2.94. The number of aromatic nitrogens is 2. The Morgan fingerprint density at radius 2 is 1.96 bits per heavy atom. The van der Waals surface area contributed by atoms with Crippen molar-refractivity contribution in [3.05, 3.63) is 45.2 Å². The first-order valence-corrected chi connectivity index (χ1v) is 10.1. The molecule has 0 spiro atoms. The van der Waals surface area contributed by atoms with Gasteiger partial charge in [0.1, 0.15) is 4.90 Å². The number of nitrogens with zero attached hydrogens (tertiary/aromatic N) is 2. The van der Waals surface area contributed by atoms with Gasteiger partial charge in [-0.15, -0.1) is 0 Å². The molecule has 0 amide bonds. The maximum Gasteiger partial charge on any atom is 0.242 e. The predicted molar refractivity (Wildman–Crippen MR) is 95.3 cm³/mol. The van der Waals surface area contributed by atoms with Crippen LogP contribution in [0.4, 0.5) is 0 Å². The molecule has 130 valence electrons. The predicted octanol–water partition coefficient (Wildman–Crippen LogP) is 3.36. The first-order chi connectivity index (χ1) is 11.4. The second-order valence-electron chi connectivity index (χ2n) is 5.98. The molecule has 1 aromatic carbocycles. The van der Waals surface area contributed by atoms with Gasteiger partial charge in [-0.1, -0.05) is 23.2 Å². The van der Waals surface area contributed by atoms with Crippen LogP contribution >= 0.6 is 23.2 Å². The zero-order valence-electron chi connectivity index (χ0n) is 13.3. The van der Waals surface area contributed by atoms with Gasteiger partial charge in [-0.2, -0.15) is 5.10 Å². The highest BCUT2D eigenvalue weighted by Gasteiger charge is 2.20. The summed E-state index contributed by atoms with van der Waals surface area (Å²) < 4.78 is 29.4. The van der Waals surface area contributed by atoms with Crippen LogP contribution in [0.15, 0.2) is 23.2 Å². The molecule has 3 rings (SSSR count). The molecule has 1 aliphatic rings. The summed E-state index contributed by atoms with van der Waals surface area (Å²) in [6.45, 7) is 2.50. The zero-order chi connectivity index (χ0) is 17.3. The van der Waals surface area contributed by atoms with Gasteiger partial charge >= 0.3 is 0 Å². The summed E-state index contributed by atoms with van der Waals surface area (Å²) in [6.07, 6.45) is 6.30.